The summed E-state index contributed by atoms with van der Waals surface area (Å²) in [5.74, 6) is -0.433. The molecular formula is C22H19ClF3N3O. The second-order valence-electron chi connectivity index (χ2n) is 6.71. The zero-order valence-corrected chi connectivity index (χ0v) is 16.8. The first kappa shape index (κ1) is 21.6. The zero-order valence-electron chi connectivity index (χ0n) is 16.1. The summed E-state index contributed by atoms with van der Waals surface area (Å²) in [6.45, 7) is 5.38. The highest BCUT2D eigenvalue weighted by molar-refractivity contribution is 6.30. The van der Waals surface area contributed by atoms with Gasteiger partial charge in [-0.05, 0) is 55.3 Å². The molecule has 156 valence electrons. The first-order valence-electron chi connectivity index (χ1n) is 9.10. The van der Waals surface area contributed by atoms with Gasteiger partial charge in [0.1, 0.15) is 0 Å². The van der Waals surface area contributed by atoms with Crippen LogP contribution in [-0.2, 0) is 6.18 Å². The lowest BCUT2D eigenvalue weighted by Gasteiger charge is -2.19. The average Bonchev–Trinajstić information content (AvgIpc) is 3.09. The van der Waals surface area contributed by atoms with E-state index in [9.17, 15) is 18.0 Å². The third kappa shape index (κ3) is 4.74. The minimum Gasteiger partial charge on any atom is -0.345 e. The molecule has 1 heterocycles. The fourth-order valence-electron chi connectivity index (χ4n) is 3.09. The number of carbonyl (C=O) groups excluding carboxylic acids is 1. The van der Waals surface area contributed by atoms with Crippen molar-refractivity contribution >= 4 is 17.5 Å². The molecule has 8 heteroatoms. The topological polar surface area (TPSA) is 46.9 Å². The SMILES string of the molecule is C=CC[C@H](NC(=O)c1cnn(-c2ccc(Cl)cc2)c1C)c1cccc(C(F)(F)F)c1. The molecule has 0 aliphatic heterocycles. The Morgan fingerprint density at radius 2 is 1.97 bits per heavy atom. The maximum Gasteiger partial charge on any atom is 0.416 e. The predicted octanol–water partition coefficient (Wildman–Crippen LogP) is 5.90. The summed E-state index contributed by atoms with van der Waals surface area (Å²) in [6, 6.07) is 11.2. The van der Waals surface area contributed by atoms with Crippen molar-refractivity contribution in [1.82, 2.24) is 15.1 Å². The van der Waals surface area contributed by atoms with Crippen LogP contribution in [0.1, 0.15) is 39.6 Å². The molecule has 3 aromatic rings. The second-order valence-corrected chi connectivity index (χ2v) is 7.14. The lowest BCUT2D eigenvalue weighted by Crippen LogP contribution is -2.29. The fourth-order valence-corrected chi connectivity index (χ4v) is 3.21. The van der Waals surface area contributed by atoms with Crippen molar-refractivity contribution in [2.45, 2.75) is 25.6 Å². The molecule has 30 heavy (non-hydrogen) atoms. The number of rotatable bonds is 6. The number of halogens is 4. The second kappa shape index (κ2) is 8.75. The normalized spacial score (nSPS) is 12.4. The van der Waals surface area contributed by atoms with Gasteiger partial charge >= 0.3 is 6.18 Å². The molecule has 0 bridgehead atoms. The Morgan fingerprint density at radius 3 is 2.60 bits per heavy atom. The van der Waals surface area contributed by atoms with Crippen LogP contribution >= 0.6 is 11.6 Å². The molecule has 1 amide bonds. The molecule has 0 unspecified atom stereocenters. The number of nitrogens with zero attached hydrogens (tertiary/aromatic N) is 2. The molecule has 1 N–H and O–H groups in total. The molecule has 0 saturated heterocycles. The fraction of sp³-hybridized carbons (Fsp3) is 0.182. The smallest absolute Gasteiger partial charge is 0.345 e. The summed E-state index contributed by atoms with van der Waals surface area (Å²) < 4.78 is 40.8. The van der Waals surface area contributed by atoms with Crippen LogP contribution in [0.2, 0.25) is 5.02 Å². The highest BCUT2D eigenvalue weighted by Crippen LogP contribution is 2.31. The Labute approximate surface area is 177 Å². The number of aromatic nitrogens is 2. The van der Waals surface area contributed by atoms with E-state index in [1.54, 1.807) is 48.0 Å². The summed E-state index contributed by atoms with van der Waals surface area (Å²) in [4.78, 5) is 12.9. The third-order valence-electron chi connectivity index (χ3n) is 4.65. The Balaban J connectivity index is 1.86. The molecule has 1 atom stereocenters. The lowest BCUT2D eigenvalue weighted by molar-refractivity contribution is -0.137. The van der Waals surface area contributed by atoms with Gasteiger partial charge in [0.05, 0.1) is 34.7 Å². The summed E-state index contributed by atoms with van der Waals surface area (Å²) in [5, 5.41) is 7.62. The number of amides is 1. The van der Waals surface area contributed by atoms with Crippen molar-refractivity contribution in [2.75, 3.05) is 0 Å². The lowest BCUT2D eigenvalue weighted by atomic mass is 10.0. The number of hydrogen-bond donors (Lipinski definition) is 1. The molecule has 3 rings (SSSR count). The summed E-state index contributed by atoms with van der Waals surface area (Å²) in [6.07, 6.45) is -1.21. The Morgan fingerprint density at radius 1 is 1.27 bits per heavy atom. The van der Waals surface area contributed by atoms with Crippen molar-refractivity contribution < 1.29 is 18.0 Å². The largest absolute Gasteiger partial charge is 0.416 e. The van der Waals surface area contributed by atoms with Gasteiger partial charge in [-0.25, -0.2) is 4.68 Å². The van der Waals surface area contributed by atoms with Crippen LogP contribution in [0, 0.1) is 6.92 Å². The first-order chi connectivity index (χ1) is 14.2. The number of benzene rings is 2. The van der Waals surface area contributed by atoms with Crippen LogP contribution in [-0.4, -0.2) is 15.7 Å². The molecular weight excluding hydrogens is 415 g/mol. The standard InChI is InChI=1S/C22H19ClF3N3O/c1-3-5-20(15-6-4-7-16(12-15)22(24,25)26)28-21(30)19-13-27-29(14(19)2)18-10-8-17(23)9-11-18/h3-4,6-13,20H,1,5H2,2H3,(H,28,30)/t20-/m0/s1. The number of alkyl halides is 3. The molecule has 0 fully saturated rings. The van der Waals surface area contributed by atoms with E-state index < -0.39 is 23.7 Å². The minimum atomic E-state index is -4.46. The monoisotopic (exact) mass is 433 g/mol. The molecule has 0 aliphatic rings. The zero-order chi connectivity index (χ0) is 21.9. The van der Waals surface area contributed by atoms with Crippen LogP contribution in [0.5, 0.6) is 0 Å². The van der Waals surface area contributed by atoms with E-state index in [-0.39, 0.29) is 6.42 Å². The molecule has 0 saturated carbocycles. The van der Waals surface area contributed by atoms with E-state index in [1.165, 1.54) is 12.3 Å². The van der Waals surface area contributed by atoms with Crippen LogP contribution in [0.25, 0.3) is 5.69 Å². The van der Waals surface area contributed by atoms with Crippen LogP contribution in [0.4, 0.5) is 13.2 Å². The summed E-state index contributed by atoms with van der Waals surface area (Å²) in [5.41, 5.74) is 1.23. The van der Waals surface area contributed by atoms with Crippen molar-refractivity contribution in [3.05, 3.63) is 94.8 Å². The molecule has 4 nitrogen and oxygen atoms in total. The highest BCUT2D eigenvalue weighted by atomic mass is 35.5. The van der Waals surface area contributed by atoms with E-state index in [4.69, 9.17) is 11.6 Å². The highest BCUT2D eigenvalue weighted by Gasteiger charge is 2.31. The predicted molar refractivity (Wildman–Crippen MR) is 110 cm³/mol. The Bertz CT molecular complexity index is 1060. The minimum absolute atomic E-state index is 0.275. The van der Waals surface area contributed by atoms with Crippen LogP contribution < -0.4 is 5.32 Å². The maximum atomic E-state index is 13.1. The van der Waals surface area contributed by atoms with Gasteiger partial charge in [0.25, 0.3) is 5.91 Å². The summed E-state index contributed by atoms with van der Waals surface area (Å²) in [7, 11) is 0. The molecule has 0 radical (unpaired) electrons. The molecule has 0 spiro atoms. The van der Waals surface area contributed by atoms with Crippen molar-refractivity contribution in [1.29, 1.82) is 0 Å². The molecule has 2 aromatic carbocycles. The van der Waals surface area contributed by atoms with Gasteiger partial charge in [-0.3, -0.25) is 4.79 Å². The van der Waals surface area contributed by atoms with Crippen molar-refractivity contribution in [3.8, 4) is 5.69 Å². The quantitative estimate of drug-likeness (QED) is 0.492. The number of hydrogen-bond acceptors (Lipinski definition) is 2. The molecule has 1 aromatic heterocycles. The Hall–Kier alpha value is -3.06. The first-order valence-corrected chi connectivity index (χ1v) is 9.48. The van der Waals surface area contributed by atoms with Crippen molar-refractivity contribution in [3.63, 3.8) is 0 Å². The third-order valence-corrected chi connectivity index (χ3v) is 4.90. The molecule has 0 aliphatic carbocycles. The Kier molecular flexibility index (Phi) is 6.31. The van der Waals surface area contributed by atoms with Gasteiger partial charge in [-0.1, -0.05) is 29.8 Å². The summed E-state index contributed by atoms with van der Waals surface area (Å²) >= 11 is 5.91. The van der Waals surface area contributed by atoms with E-state index in [0.717, 1.165) is 17.8 Å². The van der Waals surface area contributed by atoms with E-state index in [2.05, 4.69) is 17.0 Å². The maximum absolute atomic E-state index is 13.1. The van der Waals surface area contributed by atoms with Gasteiger partial charge < -0.3 is 5.32 Å². The van der Waals surface area contributed by atoms with Crippen molar-refractivity contribution in [2.24, 2.45) is 0 Å². The average molecular weight is 434 g/mol. The van der Waals surface area contributed by atoms with Gasteiger partial charge in [-0.2, -0.15) is 18.3 Å². The van der Waals surface area contributed by atoms with E-state index in [0.29, 0.717) is 21.8 Å². The van der Waals surface area contributed by atoms with Crippen LogP contribution in [0.15, 0.2) is 67.4 Å². The van der Waals surface area contributed by atoms with Gasteiger partial charge in [0.2, 0.25) is 0 Å². The van der Waals surface area contributed by atoms with Gasteiger partial charge in [0, 0.05) is 5.02 Å². The van der Waals surface area contributed by atoms with Crippen LogP contribution in [0.3, 0.4) is 0 Å². The van der Waals surface area contributed by atoms with Gasteiger partial charge in [0.15, 0.2) is 0 Å². The van der Waals surface area contributed by atoms with E-state index >= 15 is 0 Å². The van der Waals surface area contributed by atoms with Gasteiger partial charge in [-0.15, -0.1) is 6.58 Å². The van der Waals surface area contributed by atoms with E-state index in [1.807, 2.05) is 0 Å². The number of nitrogens with one attached hydrogen (secondary N) is 1. The number of carbonyl (C=O) groups is 1.